The van der Waals surface area contributed by atoms with E-state index in [9.17, 15) is 17.6 Å². The molecule has 0 fully saturated rings. The molecule has 1 aliphatic rings. The molecule has 0 saturated carbocycles. The Morgan fingerprint density at radius 2 is 1.79 bits per heavy atom. The summed E-state index contributed by atoms with van der Waals surface area (Å²) < 4.78 is 40.6. The molecule has 0 aliphatic carbocycles. The number of halogens is 1. The van der Waals surface area contributed by atoms with Crippen LogP contribution in [0.3, 0.4) is 0 Å². The van der Waals surface area contributed by atoms with E-state index < -0.39 is 21.7 Å². The van der Waals surface area contributed by atoms with Crippen LogP contribution in [0.5, 0.6) is 0 Å². The van der Waals surface area contributed by atoms with Gasteiger partial charge in [-0.05, 0) is 48.5 Å². The van der Waals surface area contributed by atoms with E-state index in [1.54, 1.807) is 23.9 Å². The molecule has 10 heteroatoms. The highest BCUT2D eigenvalue weighted by Gasteiger charge is 2.22. The molecule has 0 unspecified atom stereocenters. The molecule has 0 radical (unpaired) electrons. The zero-order valence-electron chi connectivity index (χ0n) is 16.9. The molecule has 2 heterocycles. The van der Waals surface area contributed by atoms with E-state index in [0.717, 1.165) is 38.9 Å². The Hall–Kier alpha value is -3.21. The summed E-state index contributed by atoms with van der Waals surface area (Å²) in [4.78, 5) is 19.6. The third-order valence-electron chi connectivity index (χ3n) is 4.92. The van der Waals surface area contributed by atoms with Crippen molar-refractivity contribution >= 4 is 49.8 Å². The van der Waals surface area contributed by atoms with E-state index in [-0.39, 0.29) is 16.1 Å². The highest BCUT2D eigenvalue weighted by molar-refractivity contribution is 7.98. The van der Waals surface area contributed by atoms with Crippen LogP contribution in [-0.4, -0.2) is 19.3 Å². The number of benzene rings is 3. The van der Waals surface area contributed by atoms with Gasteiger partial charge in [0.15, 0.2) is 5.13 Å². The molecule has 1 aromatic heterocycles. The van der Waals surface area contributed by atoms with Gasteiger partial charge in [-0.15, -0.1) is 23.1 Å². The quantitative estimate of drug-likeness (QED) is 0.374. The Morgan fingerprint density at radius 3 is 2.61 bits per heavy atom. The minimum absolute atomic E-state index is 0.0785. The third kappa shape index (κ3) is 4.50. The molecule has 4 aromatic rings. The average molecular weight is 498 g/mol. The number of thioether (sulfide) groups is 1. The molecule has 33 heavy (non-hydrogen) atoms. The van der Waals surface area contributed by atoms with Crippen molar-refractivity contribution in [1.29, 1.82) is 0 Å². The van der Waals surface area contributed by atoms with E-state index in [0.29, 0.717) is 5.13 Å². The second kappa shape index (κ2) is 8.62. The third-order valence-corrected chi connectivity index (χ3v) is 8.57. The van der Waals surface area contributed by atoms with Crippen molar-refractivity contribution in [2.24, 2.45) is 0 Å². The van der Waals surface area contributed by atoms with E-state index in [1.165, 1.54) is 35.6 Å². The van der Waals surface area contributed by atoms with Gasteiger partial charge in [-0.25, -0.2) is 17.8 Å². The highest BCUT2D eigenvalue weighted by atomic mass is 32.2. The number of rotatable bonds is 5. The predicted octanol–water partition coefficient (Wildman–Crippen LogP) is 5.61. The Labute approximate surface area is 197 Å². The monoisotopic (exact) mass is 497 g/mol. The van der Waals surface area contributed by atoms with Crippen LogP contribution in [0.2, 0.25) is 0 Å². The van der Waals surface area contributed by atoms with Crippen LogP contribution in [-0.2, 0) is 15.8 Å². The number of sulfonamides is 1. The number of aromatic nitrogens is 1. The molecule has 0 spiro atoms. The molecule has 1 aliphatic heterocycles. The molecule has 5 rings (SSSR count). The summed E-state index contributed by atoms with van der Waals surface area (Å²) in [6.07, 6.45) is 0. The Bertz CT molecular complexity index is 1470. The smallest absolute Gasteiger partial charge is 0.261 e. The van der Waals surface area contributed by atoms with Gasteiger partial charge in [0, 0.05) is 32.3 Å². The fourth-order valence-corrected chi connectivity index (χ4v) is 6.51. The fourth-order valence-electron chi connectivity index (χ4n) is 3.37. The fraction of sp³-hybridized carbons (Fsp3) is 0.0435. The van der Waals surface area contributed by atoms with E-state index in [2.05, 4.69) is 21.1 Å². The Morgan fingerprint density at radius 1 is 1.00 bits per heavy atom. The van der Waals surface area contributed by atoms with Crippen molar-refractivity contribution in [2.75, 3.05) is 10.0 Å². The van der Waals surface area contributed by atoms with Crippen molar-refractivity contribution < 1.29 is 17.6 Å². The first-order valence-corrected chi connectivity index (χ1v) is 13.1. The largest absolute Gasteiger partial charge is 0.298 e. The molecule has 0 atom stereocenters. The average Bonchev–Trinajstić information content (AvgIpc) is 3.22. The van der Waals surface area contributed by atoms with E-state index >= 15 is 0 Å². The van der Waals surface area contributed by atoms with Gasteiger partial charge in [0.25, 0.3) is 15.9 Å². The van der Waals surface area contributed by atoms with Crippen LogP contribution in [0, 0.1) is 5.82 Å². The van der Waals surface area contributed by atoms with Gasteiger partial charge in [0.2, 0.25) is 0 Å². The lowest BCUT2D eigenvalue weighted by Gasteiger charge is -2.13. The minimum atomic E-state index is -3.92. The summed E-state index contributed by atoms with van der Waals surface area (Å²) in [5.74, 6) is -0.135. The van der Waals surface area contributed by atoms with Gasteiger partial charge < -0.3 is 0 Å². The summed E-state index contributed by atoms with van der Waals surface area (Å²) in [7, 11) is -3.92. The molecule has 1 amide bonds. The number of carbonyl (C=O) groups is 1. The normalized spacial score (nSPS) is 12.5. The first-order chi connectivity index (χ1) is 15.9. The van der Waals surface area contributed by atoms with Crippen LogP contribution in [0.4, 0.5) is 15.2 Å². The molecule has 0 bridgehead atoms. The SMILES string of the molecule is O=C(Nc1nc2c(s1)CSc1ccccc1-2)c1cccc(NS(=O)(=O)c2ccc(F)cc2)c1. The number of carbonyl (C=O) groups excluding carboxylic acids is 1. The maximum atomic E-state index is 13.1. The maximum absolute atomic E-state index is 13.1. The summed E-state index contributed by atoms with van der Waals surface area (Å²) in [5, 5.41) is 3.30. The first-order valence-electron chi connectivity index (χ1n) is 9.81. The summed E-state index contributed by atoms with van der Waals surface area (Å²) in [5.41, 5.74) is 2.43. The number of anilines is 2. The minimum Gasteiger partial charge on any atom is -0.298 e. The number of fused-ring (bicyclic) bond motifs is 3. The number of nitrogens with zero attached hydrogens (tertiary/aromatic N) is 1. The maximum Gasteiger partial charge on any atom is 0.261 e. The lowest BCUT2D eigenvalue weighted by molar-refractivity contribution is 0.102. The molecule has 166 valence electrons. The van der Waals surface area contributed by atoms with E-state index in [1.807, 2.05) is 18.2 Å². The van der Waals surface area contributed by atoms with Crippen LogP contribution in [0.1, 0.15) is 15.2 Å². The van der Waals surface area contributed by atoms with Crippen LogP contribution in [0.25, 0.3) is 11.3 Å². The number of amides is 1. The topological polar surface area (TPSA) is 88.2 Å². The van der Waals surface area contributed by atoms with Crippen molar-refractivity contribution in [3.63, 3.8) is 0 Å². The molecular formula is C23H16FN3O3S3. The van der Waals surface area contributed by atoms with Crippen LogP contribution < -0.4 is 10.0 Å². The lowest BCUT2D eigenvalue weighted by atomic mass is 10.1. The van der Waals surface area contributed by atoms with Gasteiger partial charge in [0.1, 0.15) is 5.82 Å². The van der Waals surface area contributed by atoms with Crippen molar-refractivity contribution in [1.82, 2.24) is 4.98 Å². The van der Waals surface area contributed by atoms with Gasteiger partial charge in [-0.2, -0.15) is 0 Å². The first kappa shape index (κ1) is 21.6. The Kier molecular flexibility index (Phi) is 5.65. The predicted molar refractivity (Wildman–Crippen MR) is 129 cm³/mol. The lowest BCUT2D eigenvalue weighted by Crippen LogP contribution is -2.15. The van der Waals surface area contributed by atoms with Crippen molar-refractivity contribution in [3.05, 3.63) is 89.1 Å². The second-order valence-corrected chi connectivity index (χ2v) is 11.0. The zero-order valence-corrected chi connectivity index (χ0v) is 19.4. The van der Waals surface area contributed by atoms with E-state index in [4.69, 9.17) is 0 Å². The number of hydrogen-bond acceptors (Lipinski definition) is 6. The van der Waals surface area contributed by atoms with Crippen molar-refractivity contribution in [2.45, 2.75) is 15.5 Å². The summed E-state index contributed by atoms with van der Waals surface area (Å²) in [6, 6.07) is 18.7. The Balaban J connectivity index is 1.34. The van der Waals surface area contributed by atoms with Gasteiger partial charge in [-0.1, -0.05) is 24.3 Å². The molecule has 0 saturated heterocycles. The highest BCUT2D eigenvalue weighted by Crippen LogP contribution is 2.44. The standard InChI is InChI=1S/C23H16FN3O3S3/c24-15-8-10-17(11-9-15)33(29,30)27-16-5-3-4-14(12-16)22(28)26-23-25-21-18-6-1-2-7-19(18)31-13-20(21)32-23/h1-12,27H,13H2,(H,25,26,28). The second-order valence-electron chi connectivity index (χ2n) is 7.17. The molecule has 2 N–H and O–H groups in total. The van der Waals surface area contributed by atoms with Gasteiger partial charge in [-0.3, -0.25) is 14.8 Å². The zero-order chi connectivity index (χ0) is 23.0. The number of nitrogens with one attached hydrogen (secondary N) is 2. The summed E-state index contributed by atoms with van der Waals surface area (Å²) in [6.45, 7) is 0. The molecular weight excluding hydrogens is 481 g/mol. The van der Waals surface area contributed by atoms with Gasteiger partial charge >= 0.3 is 0 Å². The van der Waals surface area contributed by atoms with Crippen LogP contribution >= 0.6 is 23.1 Å². The number of thiazole rings is 1. The molecule has 6 nitrogen and oxygen atoms in total. The molecule has 3 aromatic carbocycles. The van der Waals surface area contributed by atoms with Gasteiger partial charge in [0.05, 0.1) is 10.6 Å². The summed E-state index contributed by atoms with van der Waals surface area (Å²) >= 11 is 3.17. The number of hydrogen-bond donors (Lipinski definition) is 2. The van der Waals surface area contributed by atoms with Crippen molar-refractivity contribution in [3.8, 4) is 11.3 Å². The van der Waals surface area contributed by atoms with Crippen LogP contribution in [0.15, 0.2) is 82.6 Å².